The maximum Gasteiger partial charge on any atom is 0.258 e. The average molecular weight is 482 g/mol. The number of pyridine rings is 2. The Bertz CT molecular complexity index is 1420. The molecular weight excluding hydrogens is 454 g/mol. The normalized spacial score (nSPS) is 11.5. The first-order valence-corrected chi connectivity index (χ1v) is 11.5. The van der Waals surface area contributed by atoms with Crippen LogP contribution in [0.4, 0.5) is 0 Å². The van der Waals surface area contributed by atoms with Crippen LogP contribution < -0.4 is 15.6 Å². The third-order valence-corrected chi connectivity index (χ3v) is 6.18. The molecule has 4 aromatic rings. The number of benzene rings is 1. The van der Waals surface area contributed by atoms with Gasteiger partial charge in [0.25, 0.3) is 11.5 Å². The molecule has 3 aromatic heterocycles. The second-order valence-electron chi connectivity index (χ2n) is 8.37. The number of nitrogens with zero attached hydrogens (tertiary/aromatic N) is 3. The molecule has 0 saturated heterocycles. The molecule has 2 N–H and O–H groups in total. The summed E-state index contributed by atoms with van der Waals surface area (Å²) < 4.78 is 7.21. The topological polar surface area (TPSA) is 92.2 Å². The number of nitrogens with one attached hydrogen (secondary N) is 2. The Morgan fingerprint density at radius 1 is 1.26 bits per heavy atom. The monoisotopic (exact) mass is 481 g/mol. The zero-order valence-electron chi connectivity index (χ0n) is 19.7. The first-order chi connectivity index (χ1) is 16.3. The van der Waals surface area contributed by atoms with Gasteiger partial charge in [-0.05, 0) is 58.3 Å². The Hall–Kier alpha value is -3.36. The van der Waals surface area contributed by atoms with Gasteiger partial charge in [0.05, 0.1) is 23.2 Å². The molecule has 1 aromatic carbocycles. The average Bonchev–Trinajstić information content (AvgIpc) is 3.29. The fourth-order valence-electron chi connectivity index (χ4n) is 4.16. The van der Waals surface area contributed by atoms with Crippen molar-refractivity contribution in [3.63, 3.8) is 0 Å². The predicted octanol–water partition coefficient (Wildman–Crippen LogP) is 3.91. The van der Waals surface area contributed by atoms with Crippen molar-refractivity contribution in [2.45, 2.75) is 19.9 Å². The summed E-state index contributed by atoms with van der Waals surface area (Å²) in [7, 11) is 5.52. The molecule has 0 aliphatic heterocycles. The number of amides is 1. The maximum atomic E-state index is 13.9. The van der Waals surface area contributed by atoms with Gasteiger partial charge in [-0.25, -0.2) is 4.98 Å². The highest BCUT2D eigenvalue weighted by molar-refractivity contribution is 6.36. The zero-order chi connectivity index (χ0) is 24.4. The molecule has 0 aliphatic rings. The van der Waals surface area contributed by atoms with Crippen molar-refractivity contribution >= 4 is 39.4 Å². The fourth-order valence-corrected chi connectivity index (χ4v) is 4.46. The van der Waals surface area contributed by atoms with Crippen molar-refractivity contribution in [2.75, 3.05) is 34.3 Å². The van der Waals surface area contributed by atoms with Gasteiger partial charge in [0.2, 0.25) is 0 Å². The van der Waals surface area contributed by atoms with Crippen molar-refractivity contribution < 1.29 is 9.53 Å². The van der Waals surface area contributed by atoms with Crippen LogP contribution in [0.3, 0.4) is 0 Å². The van der Waals surface area contributed by atoms with Gasteiger partial charge in [-0.1, -0.05) is 11.6 Å². The minimum atomic E-state index is -0.324. The lowest BCUT2D eigenvalue weighted by atomic mass is 10.0. The first-order valence-electron chi connectivity index (χ1n) is 11.2. The van der Waals surface area contributed by atoms with E-state index in [2.05, 4.69) is 20.2 Å². The molecule has 0 spiro atoms. The van der Waals surface area contributed by atoms with Crippen LogP contribution in [0.1, 0.15) is 23.7 Å². The van der Waals surface area contributed by atoms with Crippen LogP contribution in [0.25, 0.3) is 33.1 Å². The lowest BCUT2D eigenvalue weighted by molar-refractivity contribution is 0.0955. The fraction of sp³-hybridized carbons (Fsp3) is 0.320. The van der Waals surface area contributed by atoms with Crippen molar-refractivity contribution in [3.8, 4) is 16.9 Å². The summed E-state index contributed by atoms with van der Waals surface area (Å²) in [5.41, 5.74) is 2.46. The molecule has 9 heteroatoms. The molecule has 4 rings (SSSR count). The predicted molar refractivity (Wildman–Crippen MR) is 136 cm³/mol. The van der Waals surface area contributed by atoms with Gasteiger partial charge in [0.15, 0.2) is 0 Å². The molecule has 0 radical (unpaired) electrons. The Morgan fingerprint density at radius 2 is 2.06 bits per heavy atom. The summed E-state index contributed by atoms with van der Waals surface area (Å²) in [5, 5.41) is 4.66. The number of halogens is 1. The number of aromatic nitrogens is 3. The highest BCUT2D eigenvalue weighted by Gasteiger charge is 2.21. The molecule has 0 fully saturated rings. The standard InChI is InChI=1S/C25H28ClN5O3/c1-5-27-24(32)20-13-16(34-4)12-18(21(20)26)19-11-15-14-29-23-17(7-8-28-23)22(15)31(25(19)33)10-6-9-30(2)3/h7-8,11-14H,5-6,9-10H2,1-4H3,(H,27,32)(H,28,29). The van der Waals surface area contributed by atoms with Crippen molar-refractivity contribution in [1.29, 1.82) is 0 Å². The van der Waals surface area contributed by atoms with Crippen LogP contribution in [0.5, 0.6) is 5.75 Å². The van der Waals surface area contributed by atoms with E-state index in [0.29, 0.717) is 30.0 Å². The Balaban J connectivity index is 1.99. The first kappa shape index (κ1) is 23.8. The van der Waals surface area contributed by atoms with Gasteiger partial charge in [-0.2, -0.15) is 0 Å². The van der Waals surface area contributed by atoms with Gasteiger partial charge in [-0.3, -0.25) is 9.59 Å². The van der Waals surface area contributed by atoms with Gasteiger partial charge in [0.1, 0.15) is 11.4 Å². The molecule has 34 heavy (non-hydrogen) atoms. The third-order valence-electron chi connectivity index (χ3n) is 5.77. The lowest BCUT2D eigenvalue weighted by Crippen LogP contribution is -2.25. The van der Waals surface area contributed by atoms with Crippen LogP contribution in [0.15, 0.2) is 41.5 Å². The molecule has 0 saturated carbocycles. The van der Waals surface area contributed by atoms with Crippen LogP contribution in [0.2, 0.25) is 5.02 Å². The van der Waals surface area contributed by atoms with Crippen LogP contribution in [-0.4, -0.2) is 59.6 Å². The quantitative estimate of drug-likeness (QED) is 0.398. The van der Waals surface area contributed by atoms with E-state index in [1.54, 1.807) is 29.0 Å². The maximum absolute atomic E-state index is 13.9. The number of aromatic amines is 1. The number of hydrogen-bond acceptors (Lipinski definition) is 5. The van der Waals surface area contributed by atoms with Gasteiger partial charge in [0, 0.05) is 47.4 Å². The zero-order valence-corrected chi connectivity index (χ0v) is 20.5. The summed E-state index contributed by atoms with van der Waals surface area (Å²) in [5.74, 6) is 0.119. The van der Waals surface area contributed by atoms with E-state index in [4.69, 9.17) is 16.3 Å². The molecule has 0 atom stereocenters. The smallest absolute Gasteiger partial charge is 0.258 e. The number of H-pyrrole nitrogens is 1. The summed E-state index contributed by atoms with van der Waals surface area (Å²) in [6, 6.07) is 7.00. The van der Waals surface area contributed by atoms with Gasteiger partial charge in [-0.15, -0.1) is 0 Å². The largest absolute Gasteiger partial charge is 0.497 e. The highest BCUT2D eigenvalue weighted by atomic mass is 35.5. The summed E-state index contributed by atoms with van der Waals surface area (Å²) in [4.78, 5) is 36.3. The number of carbonyl (C=O) groups is 1. The van der Waals surface area contributed by atoms with Gasteiger partial charge >= 0.3 is 0 Å². The summed E-state index contributed by atoms with van der Waals surface area (Å²) in [6.07, 6.45) is 4.35. The van der Waals surface area contributed by atoms with Crippen molar-refractivity contribution in [3.05, 3.63) is 57.6 Å². The van der Waals surface area contributed by atoms with Crippen LogP contribution in [0, 0.1) is 0 Å². The van der Waals surface area contributed by atoms with Crippen molar-refractivity contribution in [2.24, 2.45) is 0 Å². The second kappa shape index (κ2) is 9.87. The van der Waals surface area contributed by atoms with E-state index in [1.807, 2.05) is 33.3 Å². The lowest BCUT2D eigenvalue weighted by Gasteiger charge is -2.17. The Labute approximate surface area is 202 Å². The number of hydrogen-bond donors (Lipinski definition) is 2. The van der Waals surface area contributed by atoms with Crippen LogP contribution >= 0.6 is 11.6 Å². The van der Waals surface area contributed by atoms with E-state index in [0.717, 1.165) is 34.9 Å². The van der Waals surface area contributed by atoms with E-state index in [9.17, 15) is 9.59 Å². The SMILES string of the molecule is CCNC(=O)c1cc(OC)cc(-c2cc3cnc4[nH]ccc4c3n(CCCN(C)C)c2=O)c1Cl. The Morgan fingerprint density at radius 3 is 2.76 bits per heavy atom. The molecule has 3 heterocycles. The molecule has 0 bridgehead atoms. The van der Waals surface area contributed by atoms with Crippen LogP contribution in [-0.2, 0) is 6.54 Å². The summed E-state index contributed by atoms with van der Waals surface area (Å²) in [6.45, 7) is 3.64. The van der Waals surface area contributed by atoms with Gasteiger partial charge < -0.3 is 24.5 Å². The molecule has 0 aliphatic carbocycles. The molecule has 0 unspecified atom stereocenters. The Kier molecular flexibility index (Phi) is 6.90. The minimum absolute atomic E-state index is 0.183. The highest BCUT2D eigenvalue weighted by Crippen LogP contribution is 2.35. The summed E-state index contributed by atoms with van der Waals surface area (Å²) >= 11 is 6.71. The molecular formula is C25H28ClN5O3. The van der Waals surface area contributed by atoms with E-state index >= 15 is 0 Å². The number of rotatable bonds is 8. The molecule has 1 amide bonds. The van der Waals surface area contributed by atoms with Crippen molar-refractivity contribution in [1.82, 2.24) is 24.8 Å². The van der Waals surface area contributed by atoms with E-state index in [1.165, 1.54) is 7.11 Å². The van der Waals surface area contributed by atoms with E-state index in [-0.39, 0.29) is 22.1 Å². The molecule has 8 nitrogen and oxygen atoms in total. The molecule has 178 valence electrons. The number of carbonyl (C=O) groups excluding carboxylic acids is 1. The second-order valence-corrected chi connectivity index (χ2v) is 8.75. The minimum Gasteiger partial charge on any atom is -0.497 e. The van der Waals surface area contributed by atoms with E-state index < -0.39 is 0 Å². The number of fused-ring (bicyclic) bond motifs is 3. The number of ether oxygens (including phenoxy) is 1. The number of methoxy groups -OCH3 is 1. The third kappa shape index (κ3) is 4.38. The number of aryl methyl sites for hydroxylation is 1.